The lowest BCUT2D eigenvalue weighted by Gasteiger charge is -2.11. The third-order valence-corrected chi connectivity index (χ3v) is 3.49. The maximum Gasteiger partial charge on any atom is 0.255 e. The van der Waals surface area contributed by atoms with Crippen LogP contribution >= 0.6 is 0 Å². The van der Waals surface area contributed by atoms with Crippen LogP contribution in [-0.2, 0) is 6.61 Å². The molecule has 0 spiro atoms. The van der Waals surface area contributed by atoms with Gasteiger partial charge in [0.25, 0.3) is 5.91 Å². The van der Waals surface area contributed by atoms with E-state index in [1.165, 1.54) is 0 Å². The van der Waals surface area contributed by atoms with Gasteiger partial charge in [-0.1, -0.05) is 17.3 Å². The van der Waals surface area contributed by atoms with Crippen LogP contribution in [0.1, 0.15) is 29.0 Å². The third kappa shape index (κ3) is 4.38. The summed E-state index contributed by atoms with van der Waals surface area (Å²) in [6.07, 6.45) is 0. The van der Waals surface area contributed by atoms with Gasteiger partial charge in [-0.05, 0) is 43.3 Å². The molecule has 7 heteroatoms. The maximum absolute atomic E-state index is 12.4. The minimum atomic E-state index is -0.225. The molecule has 7 nitrogen and oxygen atoms in total. The van der Waals surface area contributed by atoms with Crippen LogP contribution in [0.25, 0.3) is 0 Å². The van der Waals surface area contributed by atoms with Crippen LogP contribution in [0.15, 0.2) is 53.1 Å². The van der Waals surface area contributed by atoms with E-state index in [0.29, 0.717) is 41.1 Å². The van der Waals surface area contributed by atoms with Gasteiger partial charge in [-0.15, -0.1) is 0 Å². The number of nitrogens with one attached hydrogen (secondary N) is 1. The molecule has 0 radical (unpaired) electrons. The monoisotopic (exact) mass is 353 g/mol. The standard InChI is InChI=1S/C19H19N3O4/c1-3-24-17-7-5-4-6-16(17)21-19(23)14-8-10-15(11-9-14)25-12-18-20-13(2)26-22-18/h4-11H,3,12H2,1-2H3,(H,21,23). The van der Waals surface area contributed by atoms with Gasteiger partial charge in [-0.3, -0.25) is 4.79 Å². The van der Waals surface area contributed by atoms with E-state index in [-0.39, 0.29) is 12.5 Å². The zero-order valence-electron chi connectivity index (χ0n) is 14.6. The summed E-state index contributed by atoms with van der Waals surface area (Å²) >= 11 is 0. The summed E-state index contributed by atoms with van der Waals surface area (Å²) in [7, 11) is 0. The smallest absolute Gasteiger partial charge is 0.255 e. The topological polar surface area (TPSA) is 86.5 Å². The second-order valence-electron chi connectivity index (χ2n) is 5.43. The molecule has 2 aromatic carbocycles. The fraction of sp³-hybridized carbons (Fsp3) is 0.211. The minimum Gasteiger partial charge on any atom is -0.492 e. The molecule has 3 aromatic rings. The number of hydrogen-bond donors (Lipinski definition) is 1. The molecule has 134 valence electrons. The normalized spacial score (nSPS) is 10.4. The van der Waals surface area contributed by atoms with Gasteiger partial charge in [0.2, 0.25) is 11.7 Å². The highest BCUT2D eigenvalue weighted by molar-refractivity contribution is 6.05. The minimum absolute atomic E-state index is 0.199. The fourth-order valence-corrected chi connectivity index (χ4v) is 2.30. The Bertz CT molecular complexity index is 875. The van der Waals surface area contributed by atoms with Crippen molar-refractivity contribution in [1.29, 1.82) is 0 Å². The van der Waals surface area contributed by atoms with Crippen LogP contribution in [0.2, 0.25) is 0 Å². The summed E-state index contributed by atoms with van der Waals surface area (Å²) in [5, 5.41) is 6.61. The lowest BCUT2D eigenvalue weighted by atomic mass is 10.2. The molecule has 1 aromatic heterocycles. The Balaban J connectivity index is 1.62. The average molecular weight is 353 g/mol. The van der Waals surface area contributed by atoms with E-state index >= 15 is 0 Å². The molecule has 1 amide bonds. The van der Waals surface area contributed by atoms with Crippen molar-refractivity contribution in [2.24, 2.45) is 0 Å². The molecule has 0 atom stereocenters. The first kappa shape index (κ1) is 17.5. The van der Waals surface area contributed by atoms with Gasteiger partial charge in [-0.25, -0.2) is 0 Å². The fourth-order valence-electron chi connectivity index (χ4n) is 2.30. The largest absolute Gasteiger partial charge is 0.492 e. The van der Waals surface area contributed by atoms with Gasteiger partial charge in [0.15, 0.2) is 6.61 Å². The molecule has 0 aliphatic rings. The van der Waals surface area contributed by atoms with Crippen molar-refractivity contribution in [2.45, 2.75) is 20.5 Å². The number of aryl methyl sites for hydroxylation is 1. The average Bonchev–Trinajstić information content (AvgIpc) is 3.07. The van der Waals surface area contributed by atoms with Crippen LogP contribution in [0.5, 0.6) is 11.5 Å². The Hall–Kier alpha value is -3.35. The van der Waals surface area contributed by atoms with Gasteiger partial charge < -0.3 is 19.3 Å². The molecule has 0 aliphatic heterocycles. The van der Waals surface area contributed by atoms with Crippen LogP contribution in [-0.4, -0.2) is 22.7 Å². The number of anilines is 1. The maximum atomic E-state index is 12.4. The third-order valence-electron chi connectivity index (χ3n) is 3.49. The van der Waals surface area contributed by atoms with Crippen LogP contribution in [0, 0.1) is 6.92 Å². The molecule has 3 rings (SSSR count). The zero-order chi connectivity index (χ0) is 18.4. The molecule has 26 heavy (non-hydrogen) atoms. The van der Waals surface area contributed by atoms with E-state index in [9.17, 15) is 4.79 Å². The molecule has 0 saturated heterocycles. The SMILES string of the molecule is CCOc1ccccc1NC(=O)c1ccc(OCc2noc(C)n2)cc1. The molecule has 0 bridgehead atoms. The number of rotatable bonds is 7. The van der Waals surface area contributed by atoms with Crippen molar-refractivity contribution in [2.75, 3.05) is 11.9 Å². The number of carbonyl (C=O) groups excluding carboxylic acids is 1. The summed E-state index contributed by atoms with van der Waals surface area (Å²) in [6, 6.07) is 14.1. The van der Waals surface area contributed by atoms with E-state index in [1.807, 2.05) is 25.1 Å². The van der Waals surface area contributed by atoms with Crippen molar-refractivity contribution in [3.63, 3.8) is 0 Å². The lowest BCUT2D eigenvalue weighted by molar-refractivity contribution is 0.102. The number of aromatic nitrogens is 2. The number of carbonyl (C=O) groups is 1. The molecular weight excluding hydrogens is 334 g/mol. The van der Waals surface area contributed by atoms with Crippen LogP contribution in [0.3, 0.4) is 0 Å². The first-order valence-corrected chi connectivity index (χ1v) is 8.21. The first-order chi connectivity index (χ1) is 12.7. The van der Waals surface area contributed by atoms with E-state index in [1.54, 1.807) is 37.3 Å². The molecule has 0 fully saturated rings. The van der Waals surface area contributed by atoms with Crippen LogP contribution < -0.4 is 14.8 Å². The van der Waals surface area contributed by atoms with Crippen molar-refractivity contribution < 1.29 is 18.8 Å². The lowest BCUT2D eigenvalue weighted by Crippen LogP contribution is -2.12. The zero-order valence-corrected chi connectivity index (χ0v) is 14.6. The highest BCUT2D eigenvalue weighted by Crippen LogP contribution is 2.24. The molecule has 0 aliphatic carbocycles. The van der Waals surface area contributed by atoms with Gasteiger partial charge in [0, 0.05) is 12.5 Å². The predicted octanol–water partition coefficient (Wildman–Crippen LogP) is 3.61. The number of nitrogens with zero attached hydrogens (tertiary/aromatic N) is 2. The van der Waals surface area contributed by atoms with E-state index in [4.69, 9.17) is 14.0 Å². The highest BCUT2D eigenvalue weighted by Gasteiger charge is 2.10. The summed E-state index contributed by atoms with van der Waals surface area (Å²) < 4.78 is 16.0. The van der Waals surface area contributed by atoms with Crippen molar-refractivity contribution in [1.82, 2.24) is 10.1 Å². The number of hydrogen-bond acceptors (Lipinski definition) is 6. The number of benzene rings is 2. The molecule has 1 heterocycles. The molecule has 1 N–H and O–H groups in total. The Morgan fingerprint density at radius 2 is 1.88 bits per heavy atom. The van der Waals surface area contributed by atoms with E-state index < -0.39 is 0 Å². The van der Waals surface area contributed by atoms with Gasteiger partial charge in [0.1, 0.15) is 11.5 Å². The summed E-state index contributed by atoms with van der Waals surface area (Å²) in [4.78, 5) is 16.5. The van der Waals surface area contributed by atoms with E-state index in [2.05, 4.69) is 15.5 Å². The quantitative estimate of drug-likeness (QED) is 0.698. The van der Waals surface area contributed by atoms with Gasteiger partial charge >= 0.3 is 0 Å². The summed E-state index contributed by atoms with van der Waals surface area (Å²) in [5.74, 6) is 1.98. The highest BCUT2D eigenvalue weighted by atomic mass is 16.5. The Labute approximate surface area is 150 Å². The Morgan fingerprint density at radius 3 is 2.58 bits per heavy atom. The van der Waals surface area contributed by atoms with Crippen molar-refractivity contribution in [3.05, 3.63) is 65.8 Å². The second kappa shape index (κ2) is 8.15. The number of amides is 1. The molecular formula is C19H19N3O4. The second-order valence-corrected chi connectivity index (χ2v) is 5.43. The van der Waals surface area contributed by atoms with Crippen LogP contribution in [0.4, 0.5) is 5.69 Å². The van der Waals surface area contributed by atoms with Crippen molar-refractivity contribution >= 4 is 11.6 Å². The first-order valence-electron chi connectivity index (χ1n) is 8.21. The Morgan fingerprint density at radius 1 is 1.12 bits per heavy atom. The summed E-state index contributed by atoms with van der Waals surface area (Å²) in [6.45, 7) is 4.34. The molecule has 0 unspecified atom stereocenters. The predicted molar refractivity (Wildman–Crippen MR) is 95.4 cm³/mol. The van der Waals surface area contributed by atoms with E-state index in [0.717, 1.165) is 0 Å². The number of ether oxygens (including phenoxy) is 2. The Kier molecular flexibility index (Phi) is 5.48. The number of para-hydroxylation sites is 2. The van der Waals surface area contributed by atoms with Gasteiger partial charge in [-0.2, -0.15) is 4.98 Å². The summed E-state index contributed by atoms with van der Waals surface area (Å²) in [5.41, 5.74) is 1.14. The molecule has 0 saturated carbocycles. The van der Waals surface area contributed by atoms with Crippen molar-refractivity contribution in [3.8, 4) is 11.5 Å². The van der Waals surface area contributed by atoms with Gasteiger partial charge in [0.05, 0.1) is 12.3 Å².